The molecule has 0 aliphatic carbocycles. The van der Waals surface area contributed by atoms with Gasteiger partial charge >= 0.3 is 0 Å². The SMILES string of the molecule is Fc1cc(F)c2nc(Cc3cccc(Br)c3)[nH]c2c1. The van der Waals surface area contributed by atoms with Gasteiger partial charge < -0.3 is 4.98 Å². The molecule has 96 valence electrons. The van der Waals surface area contributed by atoms with Crippen LogP contribution in [-0.2, 0) is 6.42 Å². The molecule has 0 saturated carbocycles. The predicted octanol–water partition coefficient (Wildman–Crippen LogP) is 4.19. The lowest BCUT2D eigenvalue weighted by molar-refractivity contribution is 0.590. The molecule has 0 unspecified atom stereocenters. The monoisotopic (exact) mass is 322 g/mol. The maximum Gasteiger partial charge on any atom is 0.153 e. The van der Waals surface area contributed by atoms with Crippen LogP contribution in [0.15, 0.2) is 40.9 Å². The number of hydrogen-bond acceptors (Lipinski definition) is 1. The Kier molecular flexibility index (Phi) is 3.06. The van der Waals surface area contributed by atoms with Crippen molar-refractivity contribution in [1.29, 1.82) is 0 Å². The van der Waals surface area contributed by atoms with Crippen LogP contribution < -0.4 is 0 Å². The van der Waals surface area contributed by atoms with Crippen LogP contribution in [0.25, 0.3) is 11.0 Å². The second kappa shape index (κ2) is 4.74. The van der Waals surface area contributed by atoms with E-state index in [4.69, 9.17) is 0 Å². The van der Waals surface area contributed by atoms with Crippen LogP contribution in [0.1, 0.15) is 11.4 Å². The van der Waals surface area contributed by atoms with Gasteiger partial charge in [0.15, 0.2) is 5.82 Å². The summed E-state index contributed by atoms with van der Waals surface area (Å²) in [5.74, 6) is -0.646. The standard InChI is InChI=1S/C14H9BrF2N2/c15-9-3-1-2-8(4-9)5-13-18-12-7-10(16)6-11(17)14(12)19-13/h1-4,6-7H,5H2,(H,18,19). The number of nitrogens with one attached hydrogen (secondary N) is 1. The van der Waals surface area contributed by atoms with Crippen molar-refractivity contribution in [2.75, 3.05) is 0 Å². The molecule has 1 aromatic heterocycles. The first-order valence-corrected chi connectivity index (χ1v) is 6.49. The molecule has 2 aromatic carbocycles. The van der Waals surface area contributed by atoms with Gasteiger partial charge in [0.2, 0.25) is 0 Å². The highest BCUT2D eigenvalue weighted by Crippen LogP contribution is 2.19. The molecule has 0 fully saturated rings. The van der Waals surface area contributed by atoms with Crippen LogP contribution in [0.3, 0.4) is 0 Å². The lowest BCUT2D eigenvalue weighted by Gasteiger charge is -1.98. The number of hydrogen-bond donors (Lipinski definition) is 1. The zero-order chi connectivity index (χ0) is 13.4. The zero-order valence-electron chi connectivity index (χ0n) is 9.75. The molecule has 0 radical (unpaired) electrons. The van der Waals surface area contributed by atoms with Crippen molar-refractivity contribution in [2.45, 2.75) is 6.42 Å². The fraction of sp³-hybridized carbons (Fsp3) is 0.0714. The highest BCUT2D eigenvalue weighted by molar-refractivity contribution is 9.10. The summed E-state index contributed by atoms with van der Waals surface area (Å²) in [6.45, 7) is 0. The first-order chi connectivity index (χ1) is 9.11. The quantitative estimate of drug-likeness (QED) is 0.752. The number of halogens is 3. The molecule has 0 aliphatic rings. The molecule has 5 heteroatoms. The molecule has 1 heterocycles. The Morgan fingerprint density at radius 1 is 1.16 bits per heavy atom. The third-order valence-electron chi connectivity index (χ3n) is 2.81. The Morgan fingerprint density at radius 3 is 2.79 bits per heavy atom. The fourth-order valence-electron chi connectivity index (χ4n) is 2.02. The Balaban J connectivity index is 2.00. The second-order valence-corrected chi connectivity index (χ2v) is 5.19. The first-order valence-electron chi connectivity index (χ1n) is 5.70. The second-order valence-electron chi connectivity index (χ2n) is 4.27. The number of H-pyrrole nitrogens is 1. The van der Waals surface area contributed by atoms with E-state index in [1.807, 2.05) is 24.3 Å². The maximum absolute atomic E-state index is 13.5. The molecule has 0 amide bonds. The summed E-state index contributed by atoms with van der Waals surface area (Å²) >= 11 is 3.39. The number of imidazole rings is 1. The van der Waals surface area contributed by atoms with Crippen molar-refractivity contribution in [3.05, 3.63) is 63.9 Å². The summed E-state index contributed by atoms with van der Waals surface area (Å²) in [6.07, 6.45) is 0.537. The van der Waals surface area contributed by atoms with Crippen molar-refractivity contribution in [1.82, 2.24) is 9.97 Å². The molecule has 0 saturated heterocycles. The lowest BCUT2D eigenvalue weighted by atomic mass is 10.1. The van der Waals surface area contributed by atoms with Gasteiger partial charge in [0.05, 0.1) is 5.52 Å². The molecular weight excluding hydrogens is 314 g/mol. The first kappa shape index (κ1) is 12.3. The van der Waals surface area contributed by atoms with E-state index >= 15 is 0 Å². The van der Waals surface area contributed by atoms with Gasteiger partial charge in [0, 0.05) is 17.0 Å². The smallest absolute Gasteiger partial charge is 0.153 e. The van der Waals surface area contributed by atoms with Crippen molar-refractivity contribution in [2.24, 2.45) is 0 Å². The van der Waals surface area contributed by atoms with Crippen molar-refractivity contribution >= 4 is 27.0 Å². The molecule has 0 bridgehead atoms. The lowest BCUT2D eigenvalue weighted by Crippen LogP contribution is -1.90. The number of rotatable bonds is 2. The van der Waals surface area contributed by atoms with E-state index in [-0.39, 0.29) is 5.52 Å². The molecule has 2 nitrogen and oxygen atoms in total. The molecule has 3 aromatic rings. The molecule has 1 N–H and O–H groups in total. The topological polar surface area (TPSA) is 28.7 Å². The van der Waals surface area contributed by atoms with Gasteiger partial charge in [-0.3, -0.25) is 0 Å². The highest BCUT2D eigenvalue weighted by Gasteiger charge is 2.10. The summed E-state index contributed by atoms with van der Waals surface area (Å²) in [5, 5.41) is 0. The van der Waals surface area contributed by atoms with Crippen LogP contribution in [-0.4, -0.2) is 9.97 Å². The van der Waals surface area contributed by atoms with Gasteiger partial charge in [0.1, 0.15) is 17.2 Å². The molecule has 19 heavy (non-hydrogen) atoms. The van der Waals surface area contributed by atoms with Crippen LogP contribution in [0.4, 0.5) is 8.78 Å². The minimum absolute atomic E-state index is 0.173. The van der Waals surface area contributed by atoms with Gasteiger partial charge in [-0.05, 0) is 23.8 Å². The predicted molar refractivity (Wildman–Crippen MR) is 73.0 cm³/mol. The van der Waals surface area contributed by atoms with Crippen molar-refractivity contribution in [3.8, 4) is 0 Å². The van der Waals surface area contributed by atoms with Gasteiger partial charge in [-0.15, -0.1) is 0 Å². The number of fused-ring (bicyclic) bond motifs is 1. The summed E-state index contributed by atoms with van der Waals surface area (Å²) in [5.41, 5.74) is 1.59. The van der Waals surface area contributed by atoms with Crippen LogP contribution in [0, 0.1) is 11.6 Å². The minimum atomic E-state index is -0.647. The van der Waals surface area contributed by atoms with Gasteiger partial charge in [-0.2, -0.15) is 0 Å². The summed E-state index contributed by atoms with van der Waals surface area (Å²) in [6, 6.07) is 9.85. The van der Waals surface area contributed by atoms with E-state index in [2.05, 4.69) is 25.9 Å². The third kappa shape index (κ3) is 2.51. The molecule has 0 aliphatic heterocycles. The number of benzene rings is 2. The average molecular weight is 323 g/mol. The third-order valence-corrected chi connectivity index (χ3v) is 3.31. The van der Waals surface area contributed by atoms with Crippen LogP contribution in [0.5, 0.6) is 0 Å². The van der Waals surface area contributed by atoms with E-state index < -0.39 is 11.6 Å². The van der Waals surface area contributed by atoms with Gasteiger partial charge in [-0.25, -0.2) is 13.8 Å². The number of nitrogens with zero attached hydrogens (tertiary/aromatic N) is 1. The fourth-order valence-corrected chi connectivity index (χ4v) is 2.46. The van der Waals surface area contributed by atoms with Gasteiger partial charge in [-0.1, -0.05) is 28.1 Å². The molecule has 0 atom stereocenters. The zero-order valence-corrected chi connectivity index (χ0v) is 11.3. The normalized spacial score (nSPS) is 11.1. The van der Waals surface area contributed by atoms with E-state index in [0.29, 0.717) is 17.8 Å². The average Bonchev–Trinajstić information content (AvgIpc) is 2.71. The molecule has 0 spiro atoms. The van der Waals surface area contributed by atoms with Crippen molar-refractivity contribution < 1.29 is 8.78 Å². The number of aromatic amines is 1. The van der Waals surface area contributed by atoms with E-state index in [1.165, 1.54) is 6.07 Å². The minimum Gasteiger partial charge on any atom is -0.342 e. The maximum atomic E-state index is 13.5. The Hall–Kier alpha value is -1.75. The van der Waals surface area contributed by atoms with E-state index in [0.717, 1.165) is 16.1 Å². The Labute approximate surface area is 116 Å². The summed E-state index contributed by atoms with van der Waals surface area (Å²) in [4.78, 5) is 7.10. The highest BCUT2D eigenvalue weighted by atomic mass is 79.9. The Morgan fingerprint density at radius 2 is 2.00 bits per heavy atom. The molecule has 3 rings (SSSR count). The van der Waals surface area contributed by atoms with E-state index in [9.17, 15) is 8.78 Å². The van der Waals surface area contributed by atoms with Crippen LogP contribution >= 0.6 is 15.9 Å². The summed E-state index contributed by atoms with van der Waals surface area (Å²) in [7, 11) is 0. The number of aromatic nitrogens is 2. The van der Waals surface area contributed by atoms with Gasteiger partial charge in [0.25, 0.3) is 0 Å². The van der Waals surface area contributed by atoms with Crippen LogP contribution in [0.2, 0.25) is 0 Å². The molecular formula is C14H9BrF2N2. The van der Waals surface area contributed by atoms with Crippen molar-refractivity contribution in [3.63, 3.8) is 0 Å². The Bertz CT molecular complexity index is 752. The summed E-state index contributed by atoms with van der Waals surface area (Å²) < 4.78 is 27.6. The largest absolute Gasteiger partial charge is 0.342 e. The van der Waals surface area contributed by atoms with E-state index in [1.54, 1.807) is 0 Å².